The number of pyridine rings is 2. The normalized spacial score (nSPS) is 13.7. The molecule has 1 amide bonds. The number of rotatable bonds is 5. The molecule has 210 valence electrons. The fourth-order valence-electron chi connectivity index (χ4n) is 5.09. The standard InChI is InChI=1S/C30H25F3N6O.ClH/c31-30(32,33)24-15-21(6-8-27(24)39-11-9-35-10-12-39)38-28-22-14-18(5-7-26(22)37-17-23(28)29(34)40)20-13-19-3-1-2-4-25(19)36-16-20;/h1-8,13-17,35H,9-12H2,(H2,34,40)(H,37,38);1H. The summed E-state index contributed by atoms with van der Waals surface area (Å²) < 4.78 is 42.5. The highest BCUT2D eigenvalue weighted by Crippen LogP contribution is 2.40. The summed E-state index contributed by atoms with van der Waals surface area (Å²) in [7, 11) is 0. The first kappa shape index (κ1) is 28.1. The number of benzene rings is 3. The molecule has 1 saturated heterocycles. The van der Waals surface area contributed by atoms with Crippen LogP contribution in [0.2, 0.25) is 0 Å². The predicted molar refractivity (Wildman–Crippen MR) is 158 cm³/mol. The predicted octanol–water partition coefficient (Wildman–Crippen LogP) is 6.14. The Hall–Kier alpha value is -4.41. The largest absolute Gasteiger partial charge is 0.418 e. The van der Waals surface area contributed by atoms with Crippen LogP contribution in [0.4, 0.5) is 30.2 Å². The maximum atomic E-state index is 14.2. The van der Waals surface area contributed by atoms with Gasteiger partial charge in [-0.1, -0.05) is 24.3 Å². The van der Waals surface area contributed by atoms with Crippen molar-refractivity contribution in [1.82, 2.24) is 15.3 Å². The van der Waals surface area contributed by atoms with Crippen LogP contribution < -0.4 is 21.3 Å². The number of nitrogens with two attached hydrogens (primary N) is 1. The molecule has 6 rings (SSSR count). The van der Waals surface area contributed by atoms with E-state index in [1.54, 1.807) is 23.2 Å². The summed E-state index contributed by atoms with van der Waals surface area (Å²) in [6.45, 7) is 2.17. The molecule has 3 aromatic carbocycles. The van der Waals surface area contributed by atoms with Gasteiger partial charge >= 0.3 is 6.18 Å². The number of hydrogen-bond acceptors (Lipinski definition) is 6. The lowest BCUT2D eigenvalue weighted by molar-refractivity contribution is -0.137. The summed E-state index contributed by atoms with van der Waals surface area (Å²) in [6.07, 6.45) is -1.47. The number of hydrogen-bond donors (Lipinski definition) is 3. The molecule has 0 atom stereocenters. The Bertz CT molecular complexity index is 1750. The van der Waals surface area contributed by atoms with E-state index in [4.69, 9.17) is 5.73 Å². The highest BCUT2D eigenvalue weighted by molar-refractivity contribution is 6.08. The third-order valence-corrected chi connectivity index (χ3v) is 7.09. The first-order valence-electron chi connectivity index (χ1n) is 12.8. The number of carbonyl (C=O) groups is 1. The Morgan fingerprint density at radius 3 is 2.41 bits per heavy atom. The molecule has 4 N–H and O–H groups in total. The van der Waals surface area contributed by atoms with E-state index in [9.17, 15) is 18.0 Å². The Morgan fingerprint density at radius 1 is 0.902 bits per heavy atom. The molecule has 0 saturated carbocycles. The van der Waals surface area contributed by atoms with Gasteiger partial charge < -0.3 is 21.3 Å². The number of primary amides is 1. The minimum Gasteiger partial charge on any atom is -0.368 e. The Morgan fingerprint density at radius 2 is 1.66 bits per heavy atom. The second-order valence-corrected chi connectivity index (χ2v) is 9.65. The van der Waals surface area contributed by atoms with E-state index < -0.39 is 17.6 Å². The van der Waals surface area contributed by atoms with Gasteiger partial charge in [-0.3, -0.25) is 14.8 Å². The van der Waals surface area contributed by atoms with E-state index in [2.05, 4.69) is 20.6 Å². The number of carbonyl (C=O) groups excluding carboxylic acids is 1. The summed E-state index contributed by atoms with van der Waals surface area (Å²) in [6, 6.07) is 19.4. The third kappa shape index (κ3) is 5.61. The molecule has 1 fully saturated rings. The van der Waals surface area contributed by atoms with Crippen molar-refractivity contribution >= 4 is 57.2 Å². The molecule has 3 heterocycles. The van der Waals surface area contributed by atoms with Crippen molar-refractivity contribution in [3.8, 4) is 11.1 Å². The lowest BCUT2D eigenvalue weighted by Gasteiger charge is -2.31. The third-order valence-electron chi connectivity index (χ3n) is 7.09. The number of aromatic nitrogens is 2. The molecule has 41 heavy (non-hydrogen) atoms. The Labute approximate surface area is 240 Å². The number of anilines is 3. The molecule has 5 aromatic rings. The van der Waals surface area contributed by atoms with Crippen LogP contribution in [0.25, 0.3) is 32.9 Å². The molecule has 0 unspecified atom stereocenters. The quantitative estimate of drug-likeness (QED) is 0.232. The second-order valence-electron chi connectivity index (χ2n) is 9.65. The van der Waals surface area contributed by atoms with Gasteiger partial charge in [0.15, 0.2) is 0 Å². The van der Waals surface area contributed by atoms with Crippen LogP contribution in [0.15, 0.2) is 79.1 Å². The number of nitrogens with zero attached hydrogens (tertiary/aromatic N) is 3. The van der Waals surface area contributed by atoms with Crippen LogP contribution >= 0.6 is 12.4 Å². The van der Waals surface area contributed by atoms with Crippen molar-refractivity contribution in [3.63, 3.8) is 0 Å². The number of amides is 1. The van der Waals surface area contributed by atoms with Gasteiger partial charge in [0.1, 0.15) is 0 Å². The number of nitrogens with one attached hydrogen (secondary N) is 2. The summed E-state index contributed by atoms with van der Waals surface area (Å²) in [5, 5.41) is 7.72. The summed E-state index contributed by atoms with van der Waals surface area (Å²) in [5.41, 5.74) is 8.65. The topological polar surface area (TPSA) is 96.2 Å². The average Bonchev–Trinajstić information content (AvgIpc) is 2.96. The molecule has 1 aliphatic rings. The van der Waals surface area contributed by atoms with E-state index in [-0.39, 0.29) is 35.0 Å². The van der Waals surface area contributed by atoms with E-state index in [1.807, 2.05) is 42.5 Å². The van der Waals surface area contributed by atoms with Gasteiger partial charge in [0.25, 0.3) is 5.91 Å². The summed E-state index contributed by atoms with van der Waals surface area (Å²) in [5.74, 6) is -0.747. The zero-order valence-corrected chi connectivity index (χ0v) is 22.5. The van der Waals surface area contributed by atoms with Crippen LogP contribution in [-0.4, -0.2) is 42.1 Å². The Balaban J connectivity index is 0.00000337. The lowest BCUT2D eigenvalue weighted by atomic mass is 10.0. The lowest BCUT2D eigenvalue weighted by Crippen LogP contribution is -2.44. The number of halogens is 4. The van der Waals surface area contributed by atoms with Crippen LogP contribution in [0.5, 0.6) is 0 Å². The molecule has 0 aliphatic carbocycles. The van der Waals surface area contributed by atoms with Gasteiger partial charge in [-0.15, -0.1) is 12.4 Å². The number of piperazine rings is 1. The van der Waals surface area contributed by atoms with Crippen molar-refractivity contribution in [2.24, 2.45) is 5.73 Å². The van der Waals surface area contributed by atoms with Gasteiger partial charge in [0.2, 0.25) is 0 Å². The van der Waals surface area contributed by atoms with E-state index in [0.717, 1.165) is 28.1 Å². The van der Waals surface area contributed by atoms with E-state index in [1.165, 1.54) is 12.3 Å². The molecule has 7 nitrogen and oxygen atoms in total. The van der Waals surface area contributed by atoms with Crippen LogP contribution in [0, 0.1) is 0 Å². The first-order chi connectivity index (χ1) is 19.3. The maximum Gasteiger partial charge on any atom is 0.418 e. The van der Waals surface area contributed by atoms with E-state index in [0.29, 0.717) is 37.1 Å². The highest BCUT2D eigenvalue weighted by Gasteiger charge is 2.35. The molecular formula is C30H26ClF3N6O. The number of alkyl halides is 3. The maximum absolute atomic E-state index is 14.2. The molecule has 0 spiro atoms. The van der Waals surface area contributed by atoms with Gasteiger partial charge in [-0.2, -0.15) is 13.2 Å². The number of para-hydroxylation sites is 1. The van der Waals surface area contributed by atoms with Crippen LogP contribution in [-0.2, 0) is 6.18 Å². The van der Waals surface area contributed by atoms with Crippen molar-refractivity contribution in [1.29, 1.82) is 0 Å². The second kappa shape index (κ2) is 11.2. The summed E-state index contributed by atoms with van der Waals surface area (Å²) in [4.78, 5) is 23.0. The Kier molecular flexibility index (Phi) is 7.70. The molecular weight excluding hydrogens is 553 g/mol. The zero-order chi connectivity index (χ0) is 27.9. The minimum absolute atomic E-state index is 0. The van der Waals surface area contributed by atoms with Crippen LogP contribution in [0.3, 0.4) is 0 Å². The molecule has 1 aliphatic heterocycles. The fourth-order valence-corrected chi connectivity index (χ4v) is 5.09. The van der Waals surface area contributed by atoms with Crippen molar-refractivity contribution < 1.29 is 18.0 Å². The van der Waals surface area contributed by atoms with Gasteiger partial charge in [0, 0.05) is 66.3 Å². The highest BCUT2D eigenvalue weighted by atomic mass is 35.5. The van der Waals surface area contributed by atoms with Crippen molar-refractivity contribution in [3.05, 3.63) is 90.3 Å². The molecule has 0 bridgehead atoms. The molecule has 2 aromatic heterocycles. The monoisotopic (exact) mass is 578 g/mol. The fraction of sp³-hybridized carbons (Fsp3) is 0.167. The van der Waals surface area contributed by atoms with Crippen LogP contribution in [0.1, 0.15) is 15.9 Å². The average molecular weight is 579 g/mol. The van der Waals surface area contributed by atoms with Gasteiger partial charge in [-0.05, 0) is 48.0 Å². The van der Waals surface area contributed by atoms with Crippen molar-refractivity contribution in [2.45, 2.75) is 6.18 Å². The summed E-state index contributed by atoms with van der Waals surface area (Å²) >= 11 is 0. The van der Waals surface area contributed by atoms with Crippen molar-refractivity contribution in [2.75, 3.05) is 36.4 Å². The number of fused-ring (bicyclic) bond motifs is 2. The molecule has 0 radical (unpaired) electrons. The first-order valence-corrected chi connectivity index (χ1v) is 12.8. The molecule has 11 heteroatoms. The zero-order valence-electron chi connectivity index (χ0n) is 21.7. The van der Waals surface area contributed by atoms with Gasteiger partial charge in [-0.25, -0.2) is 0 Å². The van der Waals surface area contributed by atoms with E-state index >= 15 is 0 Å². The van der Waals surface area contributed by atoms with Gasteiger partial charge in [0.05, 0.1) is 27.8 Å². The smallest absolute Gasteiger partial charge is 0.368 e. The SMILES string of the molecule is Cl.NC(=O)c1cnc2ccc(-c3cnc4ccccc4c3)cc2c1Nc1ccc(N2CCNCC2)c(C(F)(F)F)c1. The minimum atomic E-state index is -4.57.